The van der Waals surface area contributed by atoms with E-state index >= 15 is 0 Å². The van der Waals surface area contributed by atoms with Gasteiger partial charge in [-0.3, -0.25) is 4.79 Å². The number of allylic oxidation sites excluding steroid dienone is 6. The molecule has 2 aromatic heterocycles. The number of carbonyl (C=O) groups excluding carboxylic acids is 1. The van der Waals surface area contributed by atoms with Crippen molar-refractivity contribution < 1.29 is 13.6 Å². The van der Waals surface area contributed by atoms with Gasteiger partial charge in [0.15, 0.2) is 5.78 Å². The molecule has 1 saturated carbocycles. The maximum atomic E-state index is 12.5. The Labute approximate surface area is 135 Å². The van der Waals surface area contributed by atoms with Gasteiger partial charge in [0.25, 0.3) is 0 Å². The van der Waals surface area contributed by atoms with Crippen molar-refractivity contribution in [2.45, 2.75) is 19.3 Å². The van der Waals surface area contributed by atoms with E-state index < -0.39 is 0 Å². The number of hydrogen-bond acceptors (Lipinski definition) is 3. The number of carbonyl (C=O) groups is 1. The summed E-state index contributed by atoms with van der Waals surface area (Å²) < 4.78 is 10.5. The second-order valence-electron chi connectivity index (χ2n) is 5.32. The molecule has 0 radical (unpaired) electrons. The van der Waals surface area contributed by atoms with Crippen LogP contribution in [0.5, 0.6) is 0 Å². The third-order valence-electron chi connectivity index (χ3n) is 3.68. The first-order chi connectivity index (χ1) is 11.3. The molecule has 0 unspecified atom stereocenters. The molecule has 0 amide bonds. The number of furan rings is 2. The van der Waals surface area contributed by atoms with Gasteiger partial charge in [-0.1, -0.05) is 24.3 Å². The quantitative estimate of drug-likeness (QED) is 0.729. The second kappa shape index (κ2) is 7.45. The third-order valence-corrected chi connectivity index (χ3v) is 3.68. The van der Waals surface area contributed by atoms with Crippen LogP contribution in [0.15, 0.2) is 81.1 Å². The van der Waals surface area contributed by atoms with Crippen LogP contribution in [0.1, 0.15) is 30.8 Å². The van der Waals surface area contributed by atoms with Crippen molar-refractivity contribution in [3.05, 3.63) is 83.8 Å². The summed E-state index contributed by atoms with van der Waals surface area (Å²) in [6.45, 7) is 0. The van der Waals surface area contributed by atoms with Crippen molar-refractivity contribution >= 4 is 17.9 Å². The molecule has 1 fully saturated rings. The summed E-state index contributed by atoms with van der Waals surface area (Å²) in [5, 5.41) is 0. The fourth-order valence-electron chi connectivity index (χ4n) is 2.51. The Bertz CT molecular complexity index is 690. The molecular formula is C20H18O3. The minimum absolute atomic E-state index is 0.129. The maximum absolute atomic E-state index is 12.5. The predicted molar refractivity (Wildman–Crippen MR) is 90.5 cm³/mol. The van der Waals surface area contributed by atoms with Crippen molar-refractivity contribution in [1.29, 1.82) is 0 Å². The summed E-state index contributed by atoms with van der Waals surface area (Å²) in [7, 11) is 0. The summed E-state index contributed by atoms with van der Waals surface area (Å²) in [6.07, 6.45) is 17.1. The largest absolute Gasteiger partial charge is 0.465 e. The van der Waals surface area contributed by atoms with E-state index in [2.05, 4.69) is 0 Å². The Morgan fingerprint density at radius 2 is 1.35 bits per heavy atom. The minimum atomic E-state index is 0.129. The molecule has 2 heterocycles. The summed E-state index contributed by atoms with van der Waals surface area (Å²) in [5.74, 6) is 1.69. The molecule has 1 aliphatic rings. The molecular weight excluding hydrogens is 288 g/mol. The SMILES string of the molecule is O=C1C(=CC=Cc2ccco2)CCCC1=CC=Cc1ccco1. The fourth-order valence-corrected chi connectivity index (χ4v) is 2.51. The Morgan fingerprint density at radius 1 is 0.826 bits per heavy atom. The average molecular weight is 306 g/mol. The van der Waals surface area contributed by atoms with Crippen LogP contribution >= 0.6 is 0 Å². The first-order valence-corrected chi connectivity index (χ1v) is 7.69. The van der Waals surface area contributed by atoms with E-state index in [-0.39, 0.29) is 5.78 Å². The molecule has 0 spiro atoms. The van der Waals surface area contributed by atoms with Crippen LogP contribution in [0.25, 0.3) is 12.2 Å². The lowest BCUT2D eigenvalue weighted by molar-refractivity contribution is -0.113. The van der Waals surface area contributed by atoms with Gasteiger partial charge in [0.2, 0.25) is 0 Å². The van der Waals surface area contributed by atoms with E-state index in [1.165, 1.54) is 0 Å². The second-order valence-corrected chi connectivity index (χ2v) is 5.32. The molecule has 1 aliphatic carbocycles. The standard InChI is InChI=1S/C20H18O3/c21-20-16(8-2-10-18-12-4-14-22-18)6-1-7-17(20)9-3-11-19-13-5-15-23-19/h2-5,8-15H,1,6-7H2. The molecule has 116 valence electrons. The van der Waals surface area contributed by atoms with Crippen LogP contribution in [0.2, 0.25) is 0 Å². The van der Waals surface area contributed by atoms with Gasteiger partial charge in [0.05, 0.1) is 12.5 Å². The molecule has 3 heteroatoms. The Kier molecular flexibility index (Phi) is 4.89. The zero-order chi connectivity index (χ0) is 15.9. The van der Waals surface area contributed by atoms with Gasteiger partial charge in [0.1, 0.15) is 11.5 Å². The molecule has 23 heavy (non-hydrogen) atoms. The number of rotatable bonds is 4. The predicted octanol–water partition coefficient (Wildman–Crippen LogP) is 5.21. The normalized spacial score (nSPS) is 19.6. The van der Waals surface area contributed by atoms with Crippen molar-refractivity contribution in [3.63, 3.8) is 0 Å². The maximum Gasteiger partial charge on any atom is 0.184 e. The Hall–Kier alpha value is -2.81. The summed E-state index contributed by atoms with van der Waals surface area (Å²) in [5.41, 5.74) is 1.69. The Morgan fingerprint density at radius 3 is 1.78 bits per heavy atom. The van der Waals surface area contributed by atoms with E-state index in [0.29, 0.717) is 0 Å². The fraction of sp³-hybridized carbons (Fsp3) is 0.150. The molecule has 3 rings (SSSR count). The molecule has 0 N–H and O–H groups in total. The minimum Gasteiger partial charge on any atom is -0.465 e. The molecule has 0 atom stereocenters. The van der Waals surface area contributed by atoms with E-state index in [4.69, 9.17) is 8.83 Å². The van der Waals surface area contributed by atoms with E-state index in [1.54, 1.807) is 12.5 Å². The van der Waals surface area contributed by atoms with Crippen LogP contribution in [0, 0.1) is 0 Å². The molecule has 0 aliphatic heterocycles. The zero-order valence-corrected chi connectivity index (χ0v) is 12.8. The van der Waals surface area contributed by atoms with Crippen molar-refractivity contribution in [3.8, 4) is 0 Å². The first kappa shape index (κ1) is 15.1. The van der Waals surface area contributed by atoms with Gasteiger partial charge < -0.3 is 8.83 Å². The molecule has 0 bridgehead atoms. The van der Waals surface area contributed by atoms with Crippen LogP contribution in [-0.4, -0.2) is 5.78 Å². The first-order valence-electron chi connectivity index (χ1n) is 7.69. The monoisotopic (exact) mass is 306 g/mol. The summed E-state index contributed by atoms with van der Waals surface area (Å²) >= 11 is 0. The van der Waals surface area contributed by atoms with Gasteiger partial charge in [-0.2, -0.15) is 0 Å². The van der Waals surface area contributed by atoms with Crippen molar-refractivity contribution in [1.82, 2.24) is 0 Å². The highest BCUT2D eigenvalue weighted by Gasteiger charge is 2.19. The molecule has 3 nitrogen and oxygen atoms in total. The third kappa shape index (κ3) is 4.10. The van der Waals surface area contributed by atoms with Crippen LogP contribution in [-0.2, 0) is 4.79 Å². The van der Waals surface area contributed by atoms with E-state index in [9.17, 15) is 4.79 Å². The van der Waals surface area contributed by atoms with Gasteiger partial charge in [-0.15, -0.1) is 0 Å². The van der Waals surface area contributed by atoms with Gasteiger partial charge in [-0.05, 0) is 66.8 Å². The number of hydrogen-bond donors (Lipinski definition) is 0. The van der Waals surface area contributed by atoms with E-state index in [0.717, 1.165) is 41.9 Å². The number of ketones is 1. The number of Topliss-reactive ketones (excluding diaryl/α,β-unsaturated/α-hetero) is 1. The highest BCUT2D eigenvalue weighted by Crippen LogP contribution is 2.25. The van der Waals surface area contributed by atoms with Gasteiger partial charge >= 0.3 is 0 Å². The van der Waals surface area contributed by atoms with Crippen LogP contribution in [0.3, 0.4) is 0 Å². The van der Waals surface area contributed by atoms with Crippen molar-refractivity contribution in [2.24, 2.45) is 0 Å². The molecule has 0 saturated heterocycles. The van der Waals surface area contributed by atoms with E-state index in [1.807, 2.05) is 60.7 Å². The lowest BCUT2D eigenvalue weighted by Crippen LogP contribution is -2.12. The van der Waals surface area contributed by atoms with Gasteiger partial charge in [-0.25, -0.2) is 0 Å². The zero-order valence-electron chi connectivity index (χ0n) is 12.8. The van der Waals surface area contributed by atoms with Gasteiger partial charge in [0, 0.05) is 0 Å². The molecule has 0 aromatic carbocycles. The topological polar surface area (TPSA) is 43.4 Å². The lowest BCUT2D eigenvalue weighted by atomic mass is 9.88. The highest BCUT2D eigenvalue weighted by atomic mass is 16.3. The summed E-state index contributed by atoms with van der Waals surface area (Å²) in [4.78, 5) is 12.5. The molecule has 2 aromatic rings. The highest BCUT2D eigenvalue weighted by molar-refractivity contribution is 6.09. The Balaban J connectivity index is 1.68. The smallest absolute Gasteiger partial charge is 0.184 e. The average Bonchev–Trinajstić information content (AvgIpc) is 3.24. The lowest BCUT2D eigenvalue weighted by Gasteiger charge is -2.15. The van der Waals surface area contributed by atoms with Crippen LogP contribution in [0.4, 0.5) is 0 Å². The van der Waals surface area contributed by atoms with Crippen LogP contribution < -0.4 is 0 Å². The van der Waals surface area contributed by atoms with Crippen molar-refractivity contribution in [2.75, 3.05) is 0 Å². The summed E-state index contributed by atoms with van der Waals surface area (Å²) in [6, 6.07) is 7.43.